The number of imidazole rings is 1. The van der Waals surface area contributed by atoms with Gasteiger partial charge in [-0.1, -0.05) is 48.9 Å². The van der Waals surface area contributed by atoms with Crippen molar-refractivity contribution in [2.45, 2.75) is 12.8 Å². The molecule has 3 nitrogen and oxygen atoms in total. The molecule has 3 rings (SSSR count). The van der Waals surface area contributed by atoms with Crippen LogP contribution in [0.15, 0.2) is 42.5 Å². The van der Waals surface area contributed by atoms with E-state index in [-0.39, 0.29) is 5.92 Å². The number of aromatic amines is 1. The Morgan fingerprint density at radius 1 is 1.21 bits per heavy atom. The zero-order chi connectivity index (χ0) is 13.4. The lowest BCUT2D eigenvalue weighted by Crippen LogP contribution is -1.97. The molecule has 3 aromatic rings. The van der Waals surface area contributed by atoms with Gasteiger partial charge in [-0.25, -0.2) is 4.98 Å². The Kier molecular flexibility index (Phi) is 2.91. The minimum Gasteiger partial charge on any atom is -0.397 e. The fourth-order valence-electron chi connectivity index (χ4n) is 2.23. The smallest absolute Gasteiger partial charge is 0.114 e. The van der Waals surface area contributed by atoms with Crippen molar-refractivity contribution >= 4 is 28.3 Å². The first-order valence-electron chi connectivity index (χ1n) is 6.14. The molecule has 0 aliphatic carbocycles. The Morgan fingerprint density at radius 2 is 1.95 bits per heavy atom. The van der Waals surface area contributed by atoms with Crippen LogP contribution in [0.5, 0.6) is 0 Å². The number of fused-ring (bicyclic) bond motifs is 1. The second-order valence-electron chi connectivity index (χ2n) is 4.65. The predicted molar refractivity (Wildman–Crippen MR) is 79.5 cm³/mol. The highest BCUT2D eigenvalue weighted by Crippen LogP contribution is 2.28. The van der Waals surface area contributed by atoms with Crippen molar-refractivity contribution in [3.05, 3.63) is 58.9 Å². The predicted octanol–water partition coefficient (Wildman–Crippen LogP) is 3.95. The van der Waals surface area contributed by atoms with Gasteiger partial charge in [0.25, 0.3) is 0 Å². The number of nitrogens with one attached hydrogen (secondary N) is 1. The van der Waals surface area contributed by atoms with E-state index in [1.165, 1.54) is 5.56 Å². The Bertz CT molecular complexity index is 719. The maximum Gasteiger partial charge on any atom is 0.114 e. The number of hydrogen-bond acceptors (Lipinski definition) is 2. The van der Waals surface area contributed by atoms with Crippen LogP contribution in [-0.4, -0.2) is 9.97 Å². The quantitative estimate of drug-likeness (QED) is 0.694. The van der Waals surface area contributed by atoms with E-state index in [0.717, 1.165) is 16.9 Å². The largest absolute Gasteiger partial charge is 0.397 e. The highest BCUT2D eigenvalue weighted by molar-refractivity contribution is 6.31. The van der Waals surface area contributed by atoms with Gasteiger partial charge in [-0.2, -0.15) is 0 Å². The molecule has 1 heterocycles. The summed E-state index contributed by atoms with van der Waals surface area (Å²) in [6.45, 7) is 2.12. The molecule has 3 N–H and O–H groups in total. The SMILES string of the molecule is CC(c1ccccc1)c1nc2c(N)cc(Cl)cc2[nH]1. The van der Waals surface area contributed by atoms with Crippen molar-refractivity contribution in [3.63, 3.8) is 0 Å². The highest BCUT2D eigenvalue weighted by Gasteiger charge is 2.14. The number of H-pyrrole nitrogens is 1. The molecule has 1 aromatic heterocycles. The summed E-state index contributed by atoms with van der Waals surface area (Å²) in [5.41, 5.74) is 9.42. The molecule has 0 fully saturated rings. The van der Waals surface area contributed by atoms with Crippen LogP contribution in [0.2, 0.25) is 5.02 Å². The maximum atomic E-state index is 6.00. The molecule has 4 heteroatoms. The van der Waals surface area contributed by atoms with Crippen molar-refractivity contribution in [3.8, 4) is 0 Å². The topological polar surface area (TPSA) is 54.7 Å². The van der Waals surface area contributed by atoms with Crippen molar-refractivity contribution in [1.29, 1.82) is 0 Å². The fourth-order valence-corrected chi connectivity index (χ4v) is 2.46. The number of nitrogen functional groups attached to an aromatic ring is 1. The summed E-state index contributed by atoms with van der Waals surface area (Å²) in [7, 11) is 0. The van der Waals surface area contributed by atoms with E-state index < -0.39 is 0 Å². The van der Waals surface area contributed by atoms with Crippen molar-refractivity contribution in [2.24, 2.45) is 0 Å². The molecule has 0 bridgehead atoms. The summed E-state index contributed by atoms with van der Waals surface area (Å²) in [5.74, 6) is 1.09. The summed E-state index contributed by atoms with van der Waals surface area (Å²) in [4.78, 5) is 7.89. The number of rotatable bonds is 2. The Labute approximate surface area is 116 Å². The minimum atomic E-state index is 0.187. The van der Waals surface area contributed by atoms with Gasteiger partial charge in [-0.3, -0.25) is 0 Å². The van der Waals surface area contributed by atoms with E-state index >= 15 is 0 Å². The summed E-state index contributed by atoms with van der Waals surface area (Å²) in [5, 5.41) is 0.618. The first-order valence-corrected chi connectivity index (χ1v) is 6.52. The van der Waals surface area contributed by atoms with Crippen LogP contribution < -0.4 is 5.73 Å². The normalized spacial score (nSPS) is 12.7. The number of benzene rings is 2. The van der Waals surface area contributed by atoms with Gasteiger partial charge in [0.05, 0.1) is 11.2 Å². The molecular weight excluding hydrogens is 258 g/mol. The first-order chi connectivity index (χ1) is 9.15. The molecule has 1 unspecified atom stereocenters. The van der Waals surface area contributed by atoms with E-state index in [1.807, 2.05) is 24.3 Å². The molecular formula is C15H14ClN3. The van der Waals surface area contributed by atoms with Crippen molar-refractivity contribution in [1.82, 2.24) is 9.97 Å². The number of nitrogens with zero attached hydrogens (tertiary/aromatic N) is 1. The molecule has 0 spiro atoms. The van der Waals surface area contributed by atoms with E-state index in [2.05, 4.69) is 29.0 Å². The zero-order valence-corrected chi connectivity index (χ0v) is 11.3. The van der Waals surface area contributed by atoms with Crippen LogP contribution in [0.25, 0.3) is 11.0 Å². The molecule has 0 radical (unpaired) electrons. The average Bonchev–Trinajstić information content (AvgIpc) is 2.83. The van der Waals surface area contributed by atoms with Crippen LogP contribution in [0.4, 0.5) is 5.69 Å². The van der Waals surface area contributed by atoms with E-state index in [4.69, 9.17) is 17.3 Å². The third-order valence-corrected chi connectivity index (χ3v) is 3.53. The van der Waals surface area contributed by atoms with Gasteiger partial charge in [-0.15, -0.1) is 0 Å². The molecule has 0 amide bonds. The van der Waals surface area contributed by atoms with Crippen molar-refractivity contribution < 1.29 is 0 Å². The Hall–Kier alpha value is -2.00. The monoisotopic (exact) mass is 271 g/mol. The van der Waals surface area contributed by atoms with Gasteiger partial charge < -0.3 is 10.7 Å². The summed E-state index contributed by atoms with van der Waals surface area (Å²) < 4.78 is 0. The van der Waals surface area contributed by atoms with Gasteiger partial charge >= 0.3 is 0 Å². The number of hydrogen-bond donors (Lipinski definition) is 2. The van der Waals surface area contributed by atoms with E-state index in [9.17, 15) is 0 Å². The van der Waals surface area contributed by atoms with E-state index in [0.29, 0.717) is 10.7 Å². The number of nitrogens with two attached hydrogens (primary N) is 1. The Morgan fingerprint density at radius 3 is 2.68 bits per heavy atom. The van der Waals surface area contributed by atoms with E-state index in [1.54, 1.807) is 6.07 Å². The third-order valence-electron chi connectivity index (χ3n) is 3.31. The molecule has 96 valence electrons. The second-order valence-corrected chi connectivity index (χ2v) is 5.08. The molecule has 0 aliphatic heterocycles. The van der Waals surface area contributed by atoms with Crippen LogP contribution in [0.3, 0.4) is 0 Å². The minimum absolute atomic E-state index is 0.187. The van der Waals surface area contributed by atoms with Gasteiger partial charge in [-0.05, 0) is 17.7 Å². The first kappa shape index (κ1) is 12.1. The summed E-state index contributed by atoms with van der Waals surface area (Å²) in [6.07, 6.45) is 0. The van der Waals surface area contributed by atoms with Crippen LogP contribution >= 0.6 is 11.6 Å². The van der Waals surface area contributed by atoms with Gasteiger partial charge in [0.1, 0.15) is 11.3 Å². The average molecular weight is 272 g/mol. The van der Waals surface area contributed by atoms with Gasteiger partial charge in [0, 0.05) is 10.9 Å². The molecule has 19 heavy (non-hydrogen) atoms. The zero-order valence-electron chi connectivity index (χ0n) is 10.5. The molecule has 0 aliphatic rings. The maximum absolute atomic E-state index is 6.00. The lowest BCUT2D eigenvalue weighted by Gasteiger charge is -2.07. The van der Waals surface area contributed by atoms with Gasteiger partial charge in [0.15, 0.2) is 0 Å². The molecule has 0 saturated carbocycles. The van der Waals surface area contributed by atoms with Crippen molar-refractivity contribution in [2.75, 3.05) is 5.73 Å². The molecule has 2 aromatic carbocycles. The Balaban J connectivity index is 2.09. The highest BCUT2D eigenvalue weighted by atomic mass is 35.5. The molecule has 0 saturated heterocycles. The fraction of sp³-hybridized carbons (Fsp3) is 0.133. The lowest BCUT2D eigenvalue weighted by molar-refractivity contribution is 0.846. The lowest BCUT2D eigenvalue weighted by atomic mass is 10.0. The van der Waals surface area contributed by atoms with Crippen LogP contribution in [0, 0.1) is 0 Å². The summed E-state index contributed by atoms with van der Waals surface area (Å²) >= 11 is 6.00. The summed E-state index contributed by atoms with van der Waals surface area (Å²) in [6, 6.07) is 13.8. The van der Waals surface area contributed by atoms with Crippen LogP contribution in [-0.2, 0) is 0 Å². The number of aromatic nitrogens is 2. The van der Waals surface area contributed by atoms with Gasteiger partial charge in [0.2, 0.25) is 0 Å². The number of halogens is 1. The second kappa shape index (κ2) is 4.59. The molecule has 1 atom stereocenters. The van der Waals surface area contributed by atoms with Crippen LogP contribution in [0.1, 0.15) is 24.2 Å². The number of anilines is 1. The standard InChI is InChI=1S/C15H14ClN3/c1-9(10-5-3-2-4-6-10)15-18-13-8-11(16)7-12(17)14(13)19-15/h2-9H,17H2,1H3,(H,18,19). The third kappa shape index (κ3) is 2.17.